The van der Waals surface area contributed by atoms with Crippen molar-refractivity contribution in [3.8, 4) is 0 Å². The van der Waals surface area contributed by atoms with Gasteiger partial charge in [-0.1, -0.05) is 25.4 Å². The van der Waals surface area contributed by atoms with Crippen LogP contribution in [0.4, 0.5) is 0 Å². The Balaban J connectivity index is 1.61. The third-order valence-corrected chi connectivity index (χ3v) is 4.74. The number of carbonyl (C=O) groups excluding carboxylic acids is 1. The number of fused-ring (bicyclic) bond motifs is 1. The van der Waals surface area contributed by atoms with E-state index in [9.17, 15) is 4.79 Å². The highest BCUT2D eigenvalue weighted by Crippen LogP contribution is 2.24. The Morgan fingerprint density at radius 1 is 1.39 bits per heavy atom. The van der Waals surface area contributed by atoms with Crippen molar-refractivity contribution in [1.82, 2.24) is 15.2 Å². The van der Waals surface area contributed by atoms with Crippen molar-refractivity contribution in [3.63, 3.8) is 0 Å². The number of benzene rings is 1. The molecule has 2 N–H and O–H groups in total. The Labute approximate surface area is 142 Å². The zero-order valence-electron chi connectivity index (χ0n) is 13.7. The molecule has 2 heterocycles. The van der Waals surface area contributed by atoms with Gasteiger partial charge in [-0.25, -0.2) is 0 Å². The molecular weight excluding hydrogens is 310 g/mol. The van der Waals surface area contributed by atoms with Crippen molar-refractivity contribution < 1.29 is 4.79 Å². The summed E-state index contributed by atoms with van der Waals surface area (Å²) in [5.41, 5.74) is 1.48. The minimum absolute atomic E-state index is 0.0752. The molecule has 23 heavy (non-hydrogen) atoms. The van der Waals surface area contributed by atoms with Gasteiger partial charge in [0.2, 0.25) is 0 Å². The molecule has 2 aromatic rings. The number of piperidine rings is 1. The van der Waals surface area contributed by atoms with Gasteiger partial charge in [0.05, 0.1) is 10.6 Å². The number of hydrogen-bond donors (Lipinski definition) is 2. The number of carbonyl (C=O) groups is 1. The van der Waals surface area contributed by atoms with E-state index < -0.39 is 0 Å². The van der Waals surface area contributed by atoms with Gasteiger partial charge in [-0.15, -0.1) is 0 Å². The van der Waals surface area contributed by atoms with Crippen LogP contribution in [-0.4, -0.2) is 41.5 Å². The second-order valence-electron chi connectivity index (χ2n) is 6.84. The van der Waals surface area contributed by atoms with Gasteiger partial charge in [0.1, 0.15) is 0 Å². The molecule has 1 aromatic heterocycles. The van der Waals surface area contributed by atoms with Gasteiger partial charge < -0.3 is 15.2 Å². The summed E-state index contributed by atoms with van der Waals surface area (Å²) < 4.78 is 0. The normalized spacial score (nSPS) is 17.0. The topological polar surface area (TPSA) is 48.1 Å². The van der Waals surface area contributed by atoms with Gasteiger partial charge in [-0.2, -0.15) is 0 Å². The number of amides is 1. The third-order valence-electron chi connectivity index (χ3n) is 4.43. The van der Waals surface area contributed by atoms with Crippen molar-refractivity contribution in [3.05, 3.63) is 35.0 Å². The zero-order valence-corrected chi connectivity index (χ0v) is 14.5. The number of halogens is 1. The van der Waals surface area contributed by atoms with E-state index in [1.807, 2.05) is 24.4 Å². The number of H-pyrrole nitrogens is 1. The highest BCUT2D eigenvalue weighted by Gasteiger charge is 2.22. The van der Waals surface area contributed by atoms with Gasteiger partial charge in [0.15, 0.2) is 0 Å². The first-order valence-electron chi connectivity index (χ1n) is 8.33. The SMILES string of the molecule is CC(C)CN1CCC(NC(=O)c2cc3[nH]ccc3cc2Cl)CC1. The number of hydrogen-bond acceptors (Lipinski definition) is 2. The van der Waals surface area contributed by atoms with E-state index in [-0.39, 0.29) is 11.9 Å². The van der Waals surface area contributed by atoms with Crippen LogP contribution in [0.3, 0.4) is 0 Å². The summed E-state index contributed by atoms with van der Waals surface area (Å²) in [5.74, 6) is 0.612. The van der Waals surface area contributed by atoms with Crippen LogP contribution in [0.15, 0.2) is 24.4 Å². The number of aromatic amines is 1. The summed E-state index contributed by atoms with van der Waals surface area (Å²) >= 11 is 6.27. The van der Waals surface area contributed by atoms with Crippen LogP contribution in [0.25, 0.3) is 10.9 Å². The summed E-state index contributed by atoms with van der Waals surface area (Å²) in [4.78, 5) is 18.1. The predicted molar refractivity (Wildman–Crippen MR) is 95.1 cm³/mol. The Kier molecular flexibility index (Phi) is 4.93. The second-order valence-corrected chi connectivity index (χ2v) is 7.25. The van der Waals surface area contributed by atoms with Gasteiger partial charge in [-0.05, 0) is 37.0 Å². The van der Waals surface area contributed by atoms with Gasteiger partial charge in [0.25, 0.3) is 5.91 Å². The van der Waals surface area contributed by atoms with Gasteiger partial charge in [0, 0.05) is 42.8 Å². The lowest BCUT2D eigenvalue weighted by atomic mass is 10.0. The van der Waals surface area contributed by atoms with Crippen molar-refractivity contribution in [2.75, 3.05) is 19.6 Å². The first-order chi connectivity index (χ1) is 11.0. The van der Waals surface area contributed by atoms with Gasteiger partial charge >= 0.3 is 0 Å². The highest BCUT2D eigenvalue weighted by molar-refractivity contribution is 6.34. The number of nitrogens with zero attached hydrogens (tertiary/aromatic N) is 1. The standard InChI is InChI=1S/C18H24ClN3O/c1-12(2)11-22-7-4-14(5-8-22)21-18(23)15-10-17-13(3-6-20-17)9-16(15)19/h3,6,9-10,12,14,20H,4-5,7-8,11H2,1-2H3,(H,21,23). The molecule has 0 spiro atoms. The Bertz CT molecular complexity index is 687. The number of nitrogens with one attached hydrogen (secondary N) is 2. The Morgan fingerprint density at radius 2 is 2.13 bits per heavy atom. The van der Waals surface area contributed by atoms with E-state index in [4.69, 9.17) is 11.6 Å². The first-order valence-corrected chi connectivity index (χ1v) is 8.70. The van der Waals surface area contributed by atoms with E-state index in [0.29, 0.717) is 16.5 Å². The molecular formula is C18H24ClN3O. The second kappa shape index (κ2) is 6.93. The summed E-state index contributed by atoms with van der Waals surface area (Å²) in [6.07, 6.45) is 3.86. The summed E-state index contributed by atoms with van der Waals surface area (Å²) in [7, 11) is 0. The molecule has 5 heteroatoms. The fourth-order valence-electron chi connectivity index (χ4n) is 3.29. The maximum absolute atomic E-state index is 12.5. The van der Waals surface area contributed by atoms with E-state index in [1.54, 1.807) is 0 Å². The van der Waals surface area contributed by atoms with Crippen LogP contribution < -0.4 is 5.32 Å². The van der Waals surface area contributed by atoms with E-state index in [2.05, 4.69) is 29.0 Å². The molecule has 0 aliphatic carbocycles. The van der Waals surface area contributed by atoms with Crippen LogP contribution in [-0.2, 0) is 0 Å². The van der Waals surface area contributed by atoms with E-state index >= 15 is 0 Å². The predicted octanol–water partition coefficient (Wildman–Crippen LogP) is 3.67. The fraction of sp³-hybridized carbons (Fsp3) is 0.500. The third kappa shape index (κ3) is 3.88. The lowest BCUT2D eigenvalue weighted by Crippen LogP contribution is -2.45. The van der Waals surface area contributed by atoms with Crippen molar-refractivity contribution >= 4 is 28.4 Å². The molecule has 1 aromatic carbocycles. The molecule has 1 saturated heterocycles. The number of aromatic nitrogens is 1. The monoisotopic (exact) mass is 333 g/mol. The van der Waals surface area contributed by atoms with E-state index in [1.165, 1.54) is 0 Å². The lowest BCUT2D eigenvalue weighted by Gasteiger charge is -2.33. The molecule has 124 valence electrons. The molecule has 1 amide bonds. The molecule has 1 aliphatic heterocycles. The number of rotatable bonds is 4. The number of likely N-dealkylation sites (tertiary alicyclic amines) is 1. The van der Waals surface area contributed by atoms with Crippen molar-refractivity contribution in [2.24, 2.45) is 5.92 Å². The highest BCUT2D eigenvalue weighted by atomic mass is 35.5. The lowest BCUT2D eigenvalue weighted by molar-refractivity contribution is 0.0907. The first kappa shape index (κ1) is 16.3. The molecule has 0 radical (unpaired) electrons. The van der Waals surface area contributed by atoms with E-state index in [0.717, 1.165) is 43.4 Å². The largest absolute Gasteiger partial charge is 0.361 e. The van der Waals surface area contributed by atoms with Crippen LogP contribution in [0, 0.1) is 5.92 Å². The van der Waals surface area contributed by atoms with Gasteiger partial charge in [-0.3, -0.25) is 4.79 Å². The molecule has 0 bridgehead atoms. The maximum Gasteiger partial charge on any atom is 0.253 e. The molecule has 0 atom stereocenters. The summed E-state index contributed by atoms with van der Waals surface area (Å²) in [6.45, 7) is 7.72. The summed E-state index contributed by atoms with van der Waals surface area (Å²) in [5, 5.41) is 4.67. The average Bonchev–Trinajstić information content (AvgIpc) is 2.95. The fourth-order valence-corrected chi connectivity index (χ4v) is 3.54. The van der Waals surface area contributed by atoms with Crippen molar-refractivity contribution in [2.45, 2.75) is 32.7 Å². The molecule has 1 aliphatic rings. The van der Waals surface area contributed by atoms with Crippen LogP contribution in [0.1, 0.15) is 37.0 Å². The molecule has 0 unspecified atom stereocenters. The zero-order chi connectivity index (χ0) is 16.4. The minimum atomic E-state index is -0.0752. The smallest absolute Gasteiger partial charge is 0.253 e. The molecule has 3 rings (SSSR count). The Morgan fingerprint density at radius 3 is 2.83 bits per heavy atom. The quantitative estimate of drug-likeness (QED) is 0.896. The minimum Gasteiger partial charge on any atom is -0.361 e. The average molecular weight is 334 g/mol. The van der Waals surface area contributed by atoms with Crippen LogP contribution in [0.2, 0.25) is 5.02 Å². The molecule has 4 nitrogen and oxygen atoms in total. The van der Waals surface area contributed by atoms with Crippen LogP contribution in [0.5, 0.6) is 0 Å². The Hall–Kier alpha value is -1.52. The summed E-state index contributed by atoms with van der Waals surface area (Å²) in [6, 6.07) is 5.86. The van der Waals surface area contributed by atoms with Crippen LogP contribution >= 0.6 is 11.6 Å². The molecule has 0 saturated carbocycles. The van der Waals surface area contributed by atoms with Crippen molar-refractivity contribution in [1.29, 1.82) is 0 Å². The molecule has 1 fully saturated rings. The maximum atomic E-state index is 12.5.